The average molecular weight is 252 g/mol. The van der Waals surface area contributed by atoms with Gasteiger partial charge in [0.15, 0.2) is 0 Å². The zero-order valence-electron chi connectivity index (χ0n) is 10.9. The van der Waals surface area contributed by atoms with E-state index in [1.807, 2.05) is 19.1 Å². The van der Waals surface area contributed by atoms with Crippen LogP contribution in [0.3, 0.4) is 0 Å². The maximum absolute atomic E-state index is 4.09. The van der Waals surface area contributed by atoms with Crippen molar-refractivity contribution >= 4 is 16.7 Å². The molecule has 0 amide bonds. The fourth-order valence-corrected chi connectivity index (χ4v) is 2.13. The van der Waals surface area contributed by atoms with Crippen LogP contribution in [0, 0.1) is 6.92 Å². The van der Waals surface area contributed by atoms with E-state index < -0.39 is 0 Å². The minimum atomic E-state index is 0.821. The number of rotatable bonds is 4. The van der Waals surface area contributed by atoms with Crippen molar-refractivity contribution in [2.45, 2.75) is 13.5 Å². The van der Waals surface area contributed by atoms with E-state index in [1.54, 1.807) is 0 Å². The van der Waals surface area contributed by atoms with Gasteiger partial charge >= 0.3 is 0 Å². The molecule has 96 valence electrons. The van der Waals surface area contributed by atoms with Gasteiger partial charge in [-0.15, -0.1) is 5.10 Å². The SMILES string of the molecule is Cc1ccc(NCCn2ccc3ccccc32)nn1. The van der Waals surface area contributed by atoms with E-state index in [4.69, 9.17) is 0 Å². The highest BCUT2D eigenvalue weighted by Crippen LogP contribution is 2.14. The number of benzene rings is 1. The van der Waals surface area contributed by atoms with Crippen molar-refractivity contribution in [1.82, 2.24) is 14.8 Å². The normalized spacial score (nSPS) is 10.8. The molecule has 0 aliphatic heterocycles. The van der Waals surface area contributed by atoms with Crippen molar-refractivity contribution in [3.05, 3.63) is 54.4 Å². The summed E-state index contributed by atoms with van der Waals surface area (Å²) in [5.74, 6) is 0.821. The number of nitrogens with one attached hydrogen (secondary N) is 1. The topological polar surface area (TPSA) is 42.7 Å². The number of hydrogen-bond donors (Lipinski definition) is 1. The summed E-state index contributed by atoms with van der Waals surface area (Å²) in [5, 5.41) is 12.7. The molecule has 0 unspecified atom stereocenters. The Hall–Kier alpha value is -2.36. The number of hydrogen-bond acceptors (Lipinski definition) is 3. The first-order valence-electron chi connectivity index (χ1n) is 6.41. The van der Waals surface area contributed by atoms with Crippen molar-refractivity contribution in [1.29, 1.82) is 0 Å². The maximum Gasteiger partial charge on any atom is 0.148 e. The second-order valence-electron chi connectivity index (χ2n) is 4.55. The van der Waals surface area contributed by atoms with Gasteiger partial charge in [-0.05, 0) is 36.6 Å². The minimum absolute atomic E-state index is 0.821. The Kier molecular flexibility index (Phi) is 3.14. The number of aryl methyl sites for hydroxylation is 1. The number of nitrogens with zero attached hydrogens (tertiary/aromatic N) is 3. The van der Waals surface area contributed by atoms with E-state index in [9.17, 15) is 0 Å². The zero-order valence-corrected chi connectivity index (χ0v) is 10.9. The molecule has 4 heteroatoms. The molecule has 0 aliphatic carbocycles. The lowest BCUT2D eigenvalue weighted by Gasteiger charge is -2.07. The Labute approximate surface area is 112 Å². The van der Waals surface area contributed by atoms with Crippen molar-refractivity contribution in [3.8, 4) is 0 Å². The lowest BCUT2D eigenvalue weighted by molar-refractivity contribution is 0.753. The molecule has 2 heterocycles. The Morgan fingerprint density at radius 1 is 1.05 bits per heavy atom. The summed E-state index contributed by atoms with van der Waals surface area (Å²) in [6.07, 6.45) is 2.12. The van der Waals surface area contributed by atoms with Crippen LogP contribution in [0.4, 0.5) is 5.82 Å². The standard InChI is InChI=1S/C15H16N4/c1-12-6-7-15(18-17-12)16-9-11-19-10-8-13-4-2-3-5-14(13)19/h2-8,10H,9,11H2,1H3,(H,16,18). The van der Waals surface area contributed by atoms with Crippen LogP contribution in [0.15, 0.2) is 48.7 Å². The Morgan fingerprint density at radius 3 is 2.79 bits per heavy atom. The van der Waals surface area contributed by atoms with E-state index >= 15 is 0 Å². The number of para-hydroxylation sites is 1. The van der Waals surface area contributed by atoms with Crippen LogP contribution in [0.1, 0.15) is 5.69 Å². The fourth-order valence-electron chi connectivity index (χ4n) is 2.13. The van der Waals surface area contributed by atoms with E-state index in [0.717, 1.165) is 24.6 Å². The zero-order chi connectivity index (χ0) is 13.1. The first-order chi connectivity index (χ1) is 9.33. The minimum Gasteiger partial charge on any atom is -0.367 e. The van der Waals surface area contributed by atoms with Crippen molar-refractivity contribution < 1.29 is 0 Å². The Balaban J connectivity index is 1.65. The third kappa shape index (κ3) is 2.57. The van der Waals surface area contributed by atoms with E-state index in [2.05, 4.69) is 56.6 Å². The second kappa shape index (κ2) is 5.10. The van der Waals surface area contributed by atoms with Crippen LogP contribution in [-0.2, 0) is 6.54 Å². The van der Waals surface area contributed by atoms with Crippen LogP contribution in [0.5, 0.6) is 0 Å². The molecule has 2 aromatic heterocycles. The van der Waals surface area contributed by atoms with Crippen LogP contribution in [-0.4, -0.2) is 21.3 Å². The van der Waals surface area contributed by atoms with E-state index in [0.29, 0.717) is 0 Å². The first-order valence-corrected chi connectivity index (χ1v) is 6.41. The van der Waals surface area contributed by atoms with Crippen molar-refractivity contribution in [3.63, 3.8) is 0 Å². The summed E-state index contributed by atoms with van der Waals surface area (Å²) in [7, 11) is 0. The summed E-state index contributed by atoms with van der Waals surface area (Å²) in [6.45, 7) is 3.67. The lowest BCUT2D eigenvalue weighted by Crippen LogP contribution is -2.11. The van der Waals surface area contributed by atoms with Gasteiger partial charge in [-0.2, -0.15) is 5.10 Å². The van der Waals surface area contributed by atoms with Gasteiger partial charge in [0.05, 0.1) is 5.69 Å². The molecule has 0 atom stereocenters. The Morgan fingerprint density at radius 2 is 1.95 bits per heavy atom. The van der Waals surface area contributed by atoms with Crippen molar-refractivity contribution in [2.24, 2.45) is 0 Å². The summed E-state index contributed by atoms with van der Waals surface area (Å²) in [5.41, 5.74) is 2.20. The number of aromatic nitrogens is 3. The molecule has 19 heavy (non-hydrogen) atoms. The van der Waals surface area contributed by atoms with Crippen molar-refractivity contribution in [2.75, 3.05) is 11.9 Å². The molecule has 0 bridgehead atoms. The van der Waals surface area contributed by atoms with Gasteiger partial charge < -0.3 is 9.88 Å². The van der Waals surface area contributed by atoms with Crippen LogP contribution < -0.4 is 5.32 Å². The fraction of sp³-hybridized carbons (Fsp3) is 0.200. The number of fused-ring (bicyclic) bond motifs is 1. The highest BCUT2D eigenvalue weighted by Gasteiger charge is 1.99. The van der Waals surface area contributed by atoms with E-state index in [1.165, 1.54) is 10.9 Å². The highest BCUT2D eigenvalue weighted by atomic mass is 15.2. The predicted molar refractivity (Wildman–Crippen MR) is 77.2 cm³/mol. The molecule has 0 spiro atoms. The second-order valence-corrected chi connectivity index (χ2v) is 4.55. The quantitative estimate of drug-likeness (QED) is 0.776. The summed E-state index contributed by atoms with van der Waals surface area (Å²) in [6, 6.07) is 14.5. The largest absolute Gasteiger partial charge is 0.367 e. The first kappa shape index (κ1) is 11.7. The van der Waals surface area contributed by atoms with Gasteiger partial charge in [0.25, 0.3) is 0 Å². The third-order valence-electron chi connectivity index (χ3n) is 3.14. The lowest BCUT2D eigenvalue weighted by atomic mass is 10.2. The molecule has 0 aliphatic rings. The molecule has 0 fully saturated rings. The molecule has 0 radical (unpaired) electrons. The van der Waals surface area contributed by atoms with Gasteiger partial charge in [0, 0.05) is 24.8 Å². The highest BCUT2D eigenvalue weighted by molar-refractivity contribution is 5.79. The van der Waals surface area contributed by atoms with Gasteiger partial charge in [-0.25, -0.2) is 0 Å². The molecule has 4 nitrogen and oxygen atoms in total. The summed E-state index contributed by atoms with van der Waals surface area (Å²) >= 11 is 0. The maximum atomic E-state index is 4.09. The van der Waals surface area contributed by atoms with Gasteiger partial charge in [-0.1, -0.05) is 18.2 Å². The predicted octanol–water partition coefficient (Wildman–Crippen LogP) is 2.85. The average Bonchev–Trinajstić information content (AvgIpc) is 2.85. The smallest absolute Gasteiger partial charge is 0.148 e. The molecule has 3 rings (SSSR count). The Bertz CT molecular complexity index is 670. The summed E-state index contributed by atoms with van der Waals surface area (Å²) in [4.78, 5) is 0. The van der Waals surface area contributed by atoms with Gasteiger partial charge in [0.1, 0.15) is 5.82 Å². The molecule has 0 saturated carbocycles. The monoisotopic (exact) mass is 252 g/mol. The molecular weight excluding hydrogens is 236 g/mol. The molecule has 1 N–H and O–H groups in total. The van der Waals surface area contributed by atoms with Gasteiger partial charge in [0.2, 0.25) is 0 Å². The van der Waals surface area contributed by atoms with Crippen LogP contribution in [0.25, 0.3) is 10.9 Å². The van der Waals surface area contributed by atoms with Crippen LogP contribution >= 0.6 is 0 Å². The van der Waals surface area contributed by atoms with Gasteiger partial charge in [-0.3, -0.25) is 0 Å². The van der Waals surface area contributed by atoms with E-state index in [-0.39, 0.29) is 0 Å². The van der Waals surface area contributed by atoms with Crippen LogP contribution in [0.2, 0.25) is 0 Å². The molecule has 3 aromatic rings. The molecular formula is C15H16N4. The molecule has 1 aromatic carbocycles. The molecule has 0 saturated heterocycles. The third-order valence-corrected chi connectivity index (χ3v) is 3.14. The number of anilines is 1. The summed E-state index contributed by atoms with van der Waals surface area (Å²) < 4.78 is 2.24.